The molecule has 2 rings (SSSR count). The lowest BCUT2D eigenvalue weighted by Gasteiger charge is -2.34. The Hall–Kier alpha value is -1.31. The highest BCUT2D eigenvalue weighted by Gasteiger charge is 2.33. The predicted octanol–water partition coefficient (Wildman–Crippen LogP) is 4.57. The molecule has 1 N–H and O–H groups in total. The van der Waals surface area contributed by atoms with Crippen molar-refractivity contribution < 1.29 is 4.79 Å². The van der Waals surface area contributed by atoms with Crippen LogP contribution >= 0.6 is 0 Å². The van der Waals surface area contributed by atoms with Crippen LogP contribution in [0.25, 0.3) is 0 Å². The summed E-state index contributed by atoms with van der Waals surface area (Å²) in [5.74, 6) is 0.804. The van der Waals surface area contributed by atoms with E-state index in [9.17, 15) is 4.79 Å². The Labute approximate surface area is 135 Å². The summed E-state index contributed by atoms with van der Waals surface area (Å²) in [5.41, 5.74) is 2.03. The average Bonchev–Trinajstić information content (AvgIpc) is 2.35. The molecule has 1 aliphatic carbocycles. The fraction of sp³-hybridized carbons (Fsp3) is 0.650. The SMILES string of the molecule is C[C@@H](NC(=O)C(C)(C)c1ccc(C(C)(C)C)cc1)C1CCC1. The third-order valence-corrected chi connectivity index (χ3v) is 5.26. The lowest BCUT2D eigenvalue weighted by Crippen LogP contribution is -2.47. The highest BCUT2D eigenvalue weighted by atomic mass is 16.2. The van der Waals surface area contributed by atoms with Crippen LogP contribution in [0.3, 0.4) is 0 Å². The van der Waals surface area contributed by atoms with Gasteiger partial charge in [0.1, 0.15) is 0 Å². The van der Waals surface area contributed by atoms with Crippen molar-refractivity contribution in [1.82, 2.24) is 5.32 Å². The van der Waals surface area contributed by atoms with E-state index >= 15 is 0 Å². The molecule has 1 atom stereocenters. The molecule has 0 unspecified atom stereocenters. The summed E-state index contributed by atoms with van der Waals surface area (Å²) in [5, 5.41) is 3.23. The van der Waals surface area contributed by atoms with Gasteiger partial charge in [-0.15, -0.1) is 0 Å². The standard InChI is InChI=1S/C20H31NO/c1-14(15-8-7-9-15)21-18(22)20(5,6)17-12-10-16(11-13-17)19(2,3)4/h10-15H,7-9H2,1-6H3,(H,21,22)/t14-/m1/s1. The second kappa shape index (κ2) is 6.06. The van der Waals surface area contributed by atoms with Crippen LogP contribution < -0.4 is 5.32 Å². The first kappa shape index (κ1) is 17.1. The van der Waals surface area contributed by atoms with Gasteiger partial charge in [0.15, 0.2) is 0 Å². The molecular weight excluding hydrogens is 270 g/mol. The second-order valence-corrected chi connectivity index (χ2v) is 8.41. The molecule has 1 amide bonds. The molecule has 1 aromatic rings. The predicted molar refractivity (Wildman–Crippen MR) is 93.1 cm³/mol. The fourth-order valence-corrected chi connectivity index (χ4v) is 2.96. The van der Waals surface area contributed by atoms with Gasteiger partial charge in [-0.3, -0.25) is 4.79 Å². The number of carbonyl (C=O) groups excluding carboxylic acids is 1. The smallest absolute Gasteiger partial charge is 0.230 e. The topological polar surface area (TPSA) is 29.1 Å². The minimum Gasteiger partial charge on any atom is -0.353 e. The van der Waals surface area contributed by atoms with E-state index in [4.69, 9.17) is 0 Å². The summed E-state index contributed by atoms with van der Waals surface area (Å²) in [7, 11) is 0. The van der Waals surface area contributed by atoms with Crippen molar-refractivity contribution in [1.29, 1.82) is 0 Å². The zero-order chi connectivity index (χ0) is 16.5. The van der Waals surface area contributed by atoms with Gasteiger partial charge in [0, 0.05) is 6.04 Å². The van der Waals surface area contributed by atoms with Gasteiger partial charge in [-0.2, -0.15) is 0 Å². The van der Waals surface area contributed by atoms with Gasteiger partial charge in [-0.25, -0.2) is 0 Å². The molecule has 0 saturated heterocycles. The Morgan fingerprint density at radius 2 is 1.55 bits per heavy atom. The van der Waals surface area contributed by atoms with Gasteiger partial charge in [-0.1, -0.05) is 51.5 Å². The maximum Gasteiger partial charge on any atom is 0.230 e. The fourth-order valence-electron chi connectivity index (χ4n) is 2.96. The van der Waals surface area contributed by atoms with Gasteiger partial charge in [0.05, 0.1) is 5.41 Å². The van der Waals surface area contributed by atoms with Crippen LogP contribution in [0.4, 0.5) is 0 Å². The van der Waals surface area contributed by atoms with Crippen molar-refractivity contribution in [3.05, 3.63) is 35.4 Å². The average molecular weight is 301 g/mol. The van der Waals surface area contributed by atoms with Crippen LogP contribution in [0.5, 0.6) is 0 Å². The molecule has 0 heterocycles. The minimum absolute atomic E-state index is 0.135. The highest BCUT2D eigenvalue weighted by Crippen LogP contribution is 2.31. The number of carbonyl (C=O) groups is 1. The second-order valence-electron chi connectivity index (χ2n) is 8.41. The van der Waals surface area contributed by atoms with Gasteiger partial charge in [0.25, 0.3) is 0 Å². The summed E-state index contributed by atoms with van der Waals surface area (Å²) < 4.78 is 0. The molecule has 0 aliphatic heterocycles. The zero-order valence-corrected chi connectivity index (χ0v) is 15.0. The first-order valence-corrected chi connectivity index (χ1v) is 8.54. The normalized spacial score (nSPS) is 17.7. The summed E-state index contributed by atoms with van der Waals surface area (Å²) in [6.07, 6.45) is 3.81. The molecule has 0 spiro atoms. The molecule has 0 radical (unpaired) electrons. The molecule has 1 aliphatic rings. The van der Waals surface area contributed by atoms with E-state index in [0.29, 0.717) is 5.92 Å². The quantitative estimate of drug-likeness (QED) is 0.867. The number of amides is 1. The van der Waals surface area contributed by atoms with Gasteiger partial charge in [-0.05, 0) is 56.1 Å². The van der Waals surface area contributed by atoms with Crippen LogP contribution in [0.1, 0.15) is 71.9 Å². The summed E-state index contributed by atoms with van der Waals surface area (Å²) in [6.45, 7) is 12.8. The van der Waals surface area contributed by atoms with Crippen molar-refractivity contribution in [3.63, 3.8) is 0 Å². The highest BCUT2D eigenvalue weighted by molar-refractivity contribution is 5.87. The van der Waals surface area contributed by atoms with Crippen molar-refractivity contribution in [2.24, 2.45) is 5.92 Å². The maximum atomic E-state index is 12.7. The Bertz CT molecular complexity index is 518. The Balaban J connectivity index is 2.09. The third-order valence-electron chi connectivity index (χ3n) is 5.26. The van der Waals surface area contributed by atoms with Crippen molar-refractivity contribution >= 4 is 5.91 Å². The number of rotatable bonds is 4. The van der Waals surface area contributed by atoms with Gasteiger partial charge < -0.3 is 5.32 Å². The van der Waals surface area contributed by atoms with Gasteiger partial charge >= 0.3 is 0 Å². The number of hydrogen-bond donors (Lipinski definition) is 1. The van der Waals surface area contributed by atoms with Crippen LogP contribution in [0.2, 0.25) is 0 Å². The Morgan fingerprint density at radius 3 is 1.95 bits per heavy atom. The Kier molecular flexibility index (Phi) is 4.70. The summed E-state index contributed by atoms with van der Waals surface area (Å²) in [6, 6.07) is 8.80. The molecule has 1 fully saturated rings. The van der Waals surface area contributed by atoms with E-state index < -0.39 is 5.41 Å². The molecule has 0 bridgehead atoms. The summed E-state index contributed by atoms with van der Waals surface area (Å²) >= 11 is 0. The number of hydrogen-bond acceptors (Lipinski definition) is 1. The van der Waals surface area contributed by atoms with E-state index in [-0.39, 0.29) is 17.4 Å². The first-order chi connectivity index (χ1) is 10.1. The van der Waals surface area contributed by atoms with Crippen molar-refractivity contribution in [3.8, 4) is 0 Å². The molecule has 122 valence electrons. The van der Waals surface area contributed by atoms with E-state index in [1.165, 1.54) is 24.8 Å². The lowest BCUT2D eigenvalue weighted by molar-refractivity contribution is -0.126. The molecule has 2 nitrogen and oxygen atoms in total. The van der Waals surface area contributed by atoms with Crippen LogP contribution in [-0.2, 0) is 15.6 Å². The lowest BCUT2D eigenvalue weighted by atomic mass is 9.78. The largest absolute Gasteiger partial charge is 0.353 e. The number of benzene rings is 1. The summed E-state index contributed by atoms with van der Waals surface area (Å²) in [4.78, 5) is 12.7. The van der Waals surface area contributed by atoms with Gasteiger partial charge in [0.2, 0.25) is 5.91 Å². The third kappa shape index (κ3) is 3.53. The molecular formula is C20H31NO. The first-order valence-electron chi connectivity index (χ1n) is 8.54. The van der Waals surface area contributed by atoms with Crippen LogP contribution in [0.15, 0.2) is 24.3 Å². The van der Waals surface area contributed by atoms with Crippen LogP contribution in [-0.4, -0.2) is 11.9 Å². The molecule has 1 aromatic carbocycles. The monoisotopic (exact) mass is 301 g/mol. The van der Waals surface area contributed by atoms with E-state index in [2.05, 4.69) is 57.3 Å². The Morgan fingerprint density at radius 1 is 1.05 bits per heavy atom. The van der Waals surface area contributed by atoms with E-state index in [1.54, 1.807) is 0 Å². The molecule has 1 saturated carbocycles. The minimum atomic E-state index is -0.492. The zero-order valence-electron chi connectivity index (χ0n) is 15.0. The maximum absolute atomic E-state index is 12.7. The van der Waals surface area contributed by atoms with E-state index in [0.717, 1.165) is 5.56 Å². The molecule has 22 heavy (non-hydrogen) atoms. The van der Waals surface area contributed by atoms with Crippen LogP contribution in [0, 0.1) is 5.92 Å². The van der Waals surface area contributed by atoms with Crippen molar-refractivity contribution in [2.45, 2.75) is 77.7 Å². The van der Waals surface area contributed by atoms with Crippen molar-refractivity contribution in [2.75, 3.05) is 0 Å². The molecule has 2 heteroatoms. The van der Waals surface area contributed by atoms with E-state index in [1.807, 2.05) is 13.8 Å². The molecule has 0 aromatic heterocycles. The number of nitrogens with one attached hydrogen (secondary N) is 1.